The molecule has 0 radical (unpaired) electrons. The van der Waals surface area contributed by atoms with Gasteiger partial charge in [-0.25, -0.2) is 0 Å². The van der Waals surface area contributed by atoms with Gasteiger partial charge in [-0.05, 0) is 17.4 Å². The third-order valence-electron chi connectivity index (χ3n) is 1.51. The zero-order valence-electron chi connectivity index (χ0n) is 7.52. The molecular weight excluding hydrogens is 136 g/mol. The van der Waals surface area contributed by atoms with Gasteiger partial charge in [0.1, 0.15) is 0 Å². The van der Waals surface area contributed by atoms with E-state index in [2.05, 4.69) is 37.3 Å². The summed E-state index contributed by atoms with van der Waals surface area (Å²) < 4.78 is 0. The van der Waals surface area contributed by atoms with Crippen LogP contribution in [0.4, 0.5) is 0 Å². The first-order valence-electron chi connectivity index (χ1n) is 4.00. The Bertz CT molecular complexity index is 184. The van der Waals surface area contributed by atoms with Crippen LogP contribution in [0.1, 0.15) is 27.2 Å². The number of aliphatic imine (C=N–C) groups is 1. The van der Waals surface area contributed by atoms with Crippen LogP contribution in [0.25, 0.3) is 0 Å². The summed E-state index contributed by atoms with van der Waals surface area (Å²) >= 11 is 0. The molecule has 2 heteroatoms. The molecule has 0 fully saturated rings. The molecule has 0 saturated carbocycles. The van der Waals surface area contributed by atoms with Gasteiger partial charge in [0.05, 0.1) is 12.9 Å². The van der Waals surface area contributed by atoms with Crippen LogP contribution in [-0.4, -0.2) is 12.9 Å². The maximum atomic E-state index is 4.14. The van der Waals surface area contributed by atoms with Crippen molar-refractivity contribution >= 4 is 6.34 Å². The van der Waals surface area contributed by atoms with Crippen LogP contribution in [0.3, 0.4) is 0 Å². The zero-order chi connectivity index (χ0) is 8.32. The summed E-state index contributed by atoms with van der Waals surface area (Å²) in [4.78, 5) is 4.14. The number of nitrogens with zero attached hydrogens (tertiary/aromatic N) is 1. The second-order valence-corrected chi connectivity index (χ2v) is 4.18. The lowest BCUT2D eigenvalue weighted by atomic mass is 9.88. The van der Waals surface area contributed by atoms with E-state index in [1.807, 2.05) is 0 Å². The highest BCUT2D eigenvalue weighted by Gasteiger charge is 2.13. The Morgan fingerprint density at radius 2 is 2.27 bits per heavy atom. The molecule has 1 aliphatic heterocycles. The normalized spacial score (nSPS) is 17.5. The van der Waals surface area contributed by atoms with E-state index in [4.69, 9.17) is 0 Å². The predicted octanol–water partition coefficient (Wildman–Crippen LogP) is 1.94. The van der Waals surface area contributed by atoms with E-state index < -0.39 is 0 Å². The van der Waals surface area contributed by atoms with Crippen LogP contribution in [0.2, 0.25) is 0 Å². The summed E-state index contributed by atoms with van der Waals surface area (Å²) in [5, 5.41) is 3.00. The minimum absolute atomic E-state index is 0.375. The Morgan fingerprint density at radius 3 is 2.73 bits per heavy atom. The predicted molar refractivity (Wildman–Crippen MR) is 48.6 cm³/mol. The molecule has 0 unspecified atom stereocenters. The Hall–Kier alpha value is -0.790. The molecule has 1 N–H and O–H groups in total. The van der Waals surface area contributed by atoms with Gasteiger partial charge in [0.2, 0.25) is 0 Å². The first-order chi connectivity index (χ1) is 5.08. The molecule has 0 atom stereocenters. The lowest BCUT2D eigenvalue weighted by molar-refractivity contribution is 0.406. The molecule has 0 amide bonds. The summed E-state index contributed by atoms with van der Waals surface area (Å²) in [6.45, 7) is 7.59. The van der Waals surface area contributed by atoms with Crippen LogP contribution in [-0.2, 0) is 0 Å². The van der Waals surface area contributed by atoms with Gasteiger partial charge in [-0.1, -0.05) is 20.8 Å². The van der Waals surface area contributed by atoms with Crippen LogP contribution in [0.15, 0.2) is 16.8 Å². The molecule has 0 bridgehead atoms. The topological polar surface area (TPSA) is 24.4 Å². The van der Waals surface area contributed by atoms with Gasteiger partial charge in [0, 0.05) is 6.20 Å². The molecule has 1 rings (SSSR count). The largest absolute Gasteiger partial charge is 0.353 e. The van der Waals surface area contributed by atoms with Crippen molar-refractivity contribution < 1.29 is 0 Å². The standard InChI is InChI=1S/C9H16N2/c1-9(2,3)4-8-5-10-7-11-6-8/h5,7H,4,6H2,1-3H3,(H,10,11). The minimum Gasteiger partial charge on any atom is -0.353 e. The fourth-order valence-corrected chi connectivity index (χ4v) is 1.20. The number of hydrogen-bond acceptors (Lipinski definition) is 2. The Morgan fingerprint density at radius 1 is 1.55 bits per heavy atom. The highest BCUT2D eigenvalue weighted by atomic mass is 14.9. The molecule has 0 saturated heterocycles. The maximum Gasteiger partial charge on any atom is 0.0867 e. The van der Waals surface area contributed by atoms with Crippen molar-refractivity contribution in [2.75, 3.05) is 6.54 Å². The molecular formula is C9H16N2. The Labute approximate surface area is 68.4 Å². The molecule has 1 aliphatic rings. The summed E-state index contributed by atoms with van der Waals surface area (Å²) in [6.07, 6.45) is 4.92. The quantitative estimate of drug-likeness (QED) is 0.610. The highest BCUT2D eigenvalue weighted by molar-refractivity contribution is 5.57. The summed E-state index contributed by atoms with van der Waals surface area (Å²) in [7, 11) is 0. The third-order valence-corrected chi connectivity index (χ3v) is 1.51. The molecule has 62 valence electrons. The van der Waals surface area contributed by atoms with Crippen molar-refractivity contribution in [1.82, 2.24) is 5.32 Å². The van der Waals surface area contributed by atoms with Gasteiger partial charge in [-0.15, -0.1) is 0 Å². The summed E-state index contributed by atoms with van der Waals surface area (Å²) in [6, 6.07) is 0. The van der Waals surface area contributed by atoms with Gasteiger partial charge in [0.15, 0.2) is 0 Å². The number of nitrogens with one attached hydrogen (secondary N) is 1. The lowest BCUT2D eigenvalue weighted by Gasteiger charge is -2.20. The fraction of sp³-hybridized carbons (Fsp3) is 0.667. The van der Waals surface area contributed by atoms with Crippen molar-refractivity contribution in [2.45, 2.75) is 27.2 Å². The van der Waals surface area contributed by atoms with E-state index >= 15 is 0 Å². The SMILES string of the molecule is CC(C)(C)CC1=CNC=NC1. The minimum atomic E-state index is 0.375. The first-order valence-corrected chi connectivity index (χ1v) is 4.00. The molecule has 2 nitrogen and oxygen atoms in total. The zero-order valence-corrected chi connectivity index (χ0v) is 7.52. The van der Waals surface area contributed by atoms with Gasteiger partial charge >= 0.3 is 0 Å². The van der Waals surface area contributed by atoms with Crippen molar-refractivity contribution in [1.29, 1.82) is 0 Å². The van der Waals surface area contributed by atoms with E-state index in [1.54, 1.807) is 6.34 Å². The van der Waals surface area contributed by atoms with Crippen molar-refractivity contribution in [2.24, 2.45) is 10.4 Å². The van der Waals surface area contributed by atoms with Gasteiger partial charge in [0.25, 0.3) is 0 Å². The van der Waals surface area contributed by atoms with Gasteiger partial charge < -0.3 is 5.32 Å². The van der Waals surface area contributed by atoms with E-state index in [1.165, 1.54) is 5.57 Å². The maximum absolute atomic E-state index is 4.14. The molecule has 0 aromatic heterocycles. The van der Waals surface area contributed by atoms with E-state index in [-0.39, 0.29) is 0 Å². The van der Waals surface area contributed by atoms with Crippen LogP contribution < -0.4 is 5.32 Å². The molecule has 0 aromatic rings. The number of hydrogen-bond donors (Lipinski definition) is 1. The lowest BCUT2D eigenvalue weighted by Crippen LogP contribution is -2.15. The van der Waals surface area contributed by atoms with Crippen LogP contribution in [0, 0.1) is 5.41 Å². The molecule has 0 aliphatic carbocycles. The average Bonchev–Trinajstić information content (AvgIpc) is 1.85. The Balaban J connectivity index is 2.44. The fourth-order valence-electron chi connectivity index (χ4n) is 1.20. The number of rotatable bonds is 1. The second kappa shape index (κ2) is 3.07. The van der Waals surface area contributed by atoms with Gasteiger partial charge in [-0.2, -0.15) is 0 Å². The van der Waals surface area contributed by atoms with Crippen LogP contribution in [0.5, 0.6) is 0 Å². The van der Waals surface area contributed by atoms with Gasteiger partial charge in [-0.3, -0.25) is 4.99 Å². The summed E-state index contributed by atoms with van der Waals surface area (Å²) in [5.74, 6) is 0. The molecule has 11 heavy (non-hydrogen) atoms. The van der Waals surface area contributed by atoms with Crippen LogP contribution >= 0.6 is 0 Å². The summed E-state index contributed by atoms with van der Waals surface area (Å²) in [5.41, 5.74) is 1.76. The van der Waals surface area contributed by atoms with E-state index in [9.17, 15) is 0 Å². The molecule has 1 heterocycles. The first kappa shape index (κ1) is 8.31. The second-order valence-electron chi connectivity index (χ2n) is 4.18. The average molecular weight is 152 g/mol. The monoisotopic (exact) mass is 152 g/mol. The van der Waals surface area contributed by atoms with Crippen molar-refractivity contribution in [3.8, 4) is 0 Å². The third kappa shape index (κ3) is 3.21. The Kier molecular flexibility index (Phi) is 2.32. The van der Waals surface area contributed by atoms with Crippen molar-refractivity contribution in [3.63, 3.8) is 0 Å². The molecule has 0 aromatic carbocycles. The smallest absolute Gasteiger partial charge is 0.0867 e. The highest BCUT2D eigenvalue weighted by Crippen LogP contribution is 2.23. The van der Waals surface area contributed by atoms with E-state index in [0.717, 1.165) is 13.0 Å². The molecule has 0 spiro atoms. The van der Waals surface area contributed by atoms with E-state index in [0.29, 0.717) is 5.41 Å². The van der Waals surface area contributed by atoms with Crippen molar-refractivity contribution in [3.05, 3.63) is 11.8 Å².